The van der Waals surface area contributed by atoms with Gasteiger partial charge in [-0.25, -0.2) is 4.98 Å². The number of carbonyl (C=O) groups excluding carboxylic acids is 1. The Morgan fingerprint density at radius 1 is 1.43 bits per heavy atom. The van der Waals surface area contributed by atoms with Crippen LogP contribution in [0.25, 0.3) is 10.9 Å². The van der Waals surface area contributed by atoms with Crippen molar-refractivity contribution in [3.63, 3.8) is 0 Å². The molecule has 0 N–H and O–H groups in total. The number of pyridine rings is 1. The van der Waals surface area contributed by atoms with Gasteiger partial charge in [-0.05, 0) is 30.9 Å². The number of amides is 1. The summed E-state index contributed by atoms with van der Waals surface area (Å²) in [6.07, 6.45) is 7.71. The summed E-state index contributed by atoms with van der Waals surface area (Å²) in [4.78, 5) is 18.7. The Morgan fingerprint density at radius 2 is 2.19 bits per heavy atom. The molecule has 0 atom stereocenters. The first kappa shape index (κ1) is 13.9. The van der Waals surface area contributed by atoms with Crippen molar-refractivity contribution in [2.24, 2.45) is 5.92 Å². The van der Waals surface area contributed by atoms with E-state index in [1.165, 1.54) is 12.8 Å². The maximum atomic E-state index is 12.6. The van der Waals surface area contributed by atoms with Gasteiger partial charge in [0.05, 0.1) is 17.1 Å². The van der Waals surface area contributed by atoms with E-state index in [2.05, 4.69) is 10.9 Å². The summed E-state index contributed by atoms with van der Waals surface area (Å²) in [5.74, 6) is 2.98. The molecule has 1 saturated carbocycles. The smallest absolute Gasteiger partial charge is 0.273 e. The quantitative estimate of drug-likeness (QED) is 0.811. The Labute approximate surface area is 128 Å². The molecule has 0 unspecified atom stereocenters. The number of carbonyl (C=O) groups is 1. The van der Waals surface area contributed by atoms with Crippen molar-refractivity contribution in [3.05, 3.63) is 41.0 Å². The van der Waals surface area contributed by atoms with Gasteiger partial charge in [0, 0.05) is 11.9 Å². The number of hydrogen-bond donors (Lipinski definition) is 0. The molecule has 0 bridgehead atoms. The second kappa shape index (κ2) is 5.75. The molecule has 0 saturated heterocycles. The van der Waals surface area contributed by atoms with Crippen LogP contribution in [0, 0.1) is 18.3 Å². The highest BCUT2D eigenvalue weighted by Crippen LogP contribution is 2.30. The highest BCUT2D eigenvalue weighted by Gasteiger charge is 2.27. The van der Waals surface area contributed by atoms with Gasteiger partial charge in [-0.1, -0.05) is 35.7 Å². The summed E-state index contributed by atoms with van der Waals surface area (Å²) in [6, 6.07) is 9.15. The van der Waals surface area contributed by atoms with E-state index >= 15 is 0 Å². The van der Waals surface area contributed by atoms with Gasteiger partial charge in [-0.3, -0.25) is 4.79 Å². The lowest BCUT2D eigenvalue weighted by Crippen LogP contribution is -2.33. The standard InChI is InChI=1S/C17H15ClN2O/c1-2-9-20(11-12-7-8-12)17(21)16-10-14(18)13-5-3-4-6-15(13)19-16/h1,3-6,10,12H,7-9,11H2. The average Bonchev–Trinajstić information content (AvgIpc) is 3.30. The number of nitrogens with zero attached hydrogens (tertiary/aromatic N) is 2. The van der Waals surface area contributed by atoms with Crippen molar-refractivity contribution in [3.8, 4) is 12.3 Å². The largest absolute Gasteiger partial charge is 0.326 e. The molecule has 21 heavy (non-hydrogen) atoms. The van der Waals surface area contributed by atoms with Crippen molar-refractivity contribution < 1.29 is 4.79 Å². The molecule has 3 rings (SSSR count). The molecule has 2 aromatic rings. The average molecular weight is 299 g/mol. The van der Waals surface area contributed by atoms with E-state index in [1.54, 1.807) is 11.0 Å². The van der Waals surface area contributed by atoms with Crippen LogP contribution < -0.4 is 0 Å². The molecular formula is C17H15ClN2O. The van der Waals surface area contributed by atoms with Crippen molar-refractivity contribution in [1.82, 2.24) is 9.88 Å². The van der Waals surface area contributed by atoms with E-state index in [4.69, 9.17) is 18.0 Å². The van der Waals surface area contributed by atoms with Crippen LogP contribution in [0.2, 0.25) is 5.02 Å². The molecule has 1 heterocycles. The fourth-order valence-corrected chi connectivity index (χ4v) is 2.61. The molecule has 0 radical (unpaired) electrons. The number of aromatic nitrogens is 1. The van der Waals surface area contributed by atoms with Crippen LogP contribution in [0.4, 0.5) is 0 Å². The van der Waals surface area contributed by atoms with Gasteiger partial charge in [-0.2, -0.15) is 0 Å². The number of fused-ring (bicyclic) bond motifs is 1. The minimum Gasteiger partial charge on any atom is -0.326 e. The van der Waals surface area contributed by atoms with Crippen LogP contribution in [0.5, 0.6) is 0 Å². The lowest BCUT2D eigenvalue weighted by molar-refractivity contribution is 0.0764. The Balaban J connectivity index is 1.94. The number of halogens is 1. The van der Waals surface area contributed by atoms with E-state index in [1.807, 2.05) is 24.3 Å². The second-order valence-corrected chi connectivity index (χ2v) is 5.75. The van der Waals surface area contributed by atoms with Crippen LogP contribution in [0.15, 0.2) is 30.3 Å². The molecule has 1 aromatic carbocycles. The van der Waals surface area contributed by atoms with Gasteiger partial charge < -0.3 is 4.90 Å². The Hall–Kier alpha value is -2.05. The lowest BCUT2D eigenvalue weighted by atomic mass is 10.2. The van der Waals surface area contributed by atoms with Crippen molar-refractivity contribution in [2.45, 2.75) is 12.8 Å². The van der Waals surface area contributed by atoms with Crippen LogP contribution in [-0.4, -0.2) is 28.9 Å². The van der Waals surface area contributed by atoms with Crippen molar-refractivity contribution in [2.75, 3.05) is 13.1 Å². The zero-order valence-electron chi connectivity index (χ0n) is 11.6. The summed E-state index contributed by atoms with van der Waals surface area (Å²) >= 11 is 6.26. The van der Waals surface area contributed by atoms with E-state index in [9.17, 15) is 4.79 Å². The molecule has 1 aromatic heterocycles. The maximum Gasteiger partial charge on any atom is 0.273 e. The Bertz CT molecular complexity index is 731. The zero-order chi connectivity index (χ0) is 14.8. The highest BCUT2D eigenvalue weighted by atomic mass is 35.5. The third-order valence-corrected chi connectivity index (χ3v) is 3.94. The monoisotopic (exact) mass is 298 g/mol. The minimum absolute atomic E-state index is 0.146. The zero-order valence-corrected chi connectivity index (χ0v) is 12.3. The predicted octanol–water partition coefficient (Wildman–Crippen LogP) is 3.37. The topological polar surface area (TPSA) is 33.2 Å². The van der Waals surface area contributed by atoms with Gasteiger partial charge >= 0.3 is 0 Å². The molecule has 1 aliphatic rings. The van der Waals surface area contributed by atoms with Gasteiger partial charge in [0.1, 0.15) is 5.69 Å². The molecular weight excluding hydrogens is 284 g/mol. The second-order valence-electron chi connectivity index (χ2n) is 5.34. The van der Waals surface area contributed by atoms with E-state index < -0.39 is 0 Å². The Morgan fingerprint density at radius 3 is 2.90 bits per heavy atom. The van der Waals surface area contributed by atoms with Gasteiger partial charge in [0.15, 0.2) is 0 Å². The van der Waals surface area contributed by atoms with E-state index in [0.717, 1.165) is 10.9 Å². The number of terminal acetylenes is 1. The fraction of sp³-hybridized carbons (Fsp3) is 0.294. The van der Waals surface area contributed by atoms with Crippen LogP contribution in [0.3, 0.4) is 0 Å². The molecule has 106 valence electrons. The summed E-state index contributed by atoms with van der Waals surface area (Å²) in [6.45, 7) is 1.01. The first-order chi connectivity index (χ1) is 10.2. The molecule has 4 heteroatoms. The molecule has 1 aliphatic carbocycles. The van der Waals surface area contributed by atoms with Crippen LogP contribution in [-0.2, 0) is 0 Å². The first-order valence-electron chi connectivity index (χ1n) is 6.97. The number of para-hydroxylation sites is 1. The first-order valence-corrected chi connectivity index (χ1v) is 7.35. The molecule has 1 amide bonds. The van der Waals surface area contributed by atoms with E-state index in [0.29, 0.717) is 29.7 Å². The van der Waals surface area contributed by atoms with Gasteiger partial charge in [0.2, 0.25) is 0 Å². The van der Waals surface area contributed by atoms with E-state index in [-0.39, 0.29) is 5.91 Å². The summed E-state index contributed by atoms with van der Waals surface area (Å²) in [5.41, 5.74) is 1.08. The van der Waals surface area contributed by atoms with Gasteiger partial charge in [-0.15, -0.1) is 6.42 Å². The number of hydrogen-bond acceptors (Lipinski definition) is 2. The summed E-state index contributed by atoms with van der Waals surface area (Å²) in [7, 11) is 0. The lowest BCUT2D eigenvalue weighted by Gasteiger charge is -2.20. The van der Waals surface area contributed by atoms with Crippen LogP contribution in [0.1, 0.15) is 23.3 Å². The SMILES string of the molecule is C#CCN(CC1CC1)C(=O)c1cc(Cl)c2ccccc2n1. The number of rotatable bonds is 4. The molecule has 0 aliphatic heterocycles. The Kier molecular flexibility index (Phi) is 3.81. The van der Waals surface area contributed by atoms with Crippen LogP contribution >= 0.6 is 11.6 Å². The third-order valence-electron chi connectivity index (χ3n) is 3.63. The predicted molar refractivity (Wildman–Crippen MR) is 84.2 cm³/mol. The molecule has 0 spiro atoms. The molecule has 3 nitrogen and oxygen atoms in total. The summed E-state index contributed by atoms with van der Waals surface area (Å²) < 4.78 is 0. The number of benzene rings is 1. The minimum atomic E-state index is -0.146. The highest BCUT2D eigenvalue weighted by molar-refractivity contribution is 6.35. The fourth-order valence-electron chi connectivity index (χ4n) is 2.35. The van der Waals surface area contributed by atoms with Crippen molar-refractivity contribution >= 4 is 28.4 Å². The normalized spacial score (nSPS) is 13.9. The molecule has 1 fully saturated rings. The maximum absolute atomic E-state index is 12.6. The third kappa shape index (κ3) is 3.01. The van der Waals surface area contributed by atoms with Gasteiger partial charge in [0.25, 0.3) is 5.91 Å². The summed E-state index contributed by atoms with van der Waals surface area (Å²) in [5, 5.41) is 1.39. The van der Waals surface area contributed by atoms with Crippen molar-refractivity contribution in [1.29, 1.82) is 0 Å².